The second-order valence-electron chi connectivity index (χ2n) is 4.38. The summed E-state index contributed by atoms with van der Waals surface area (Å²) in [5.74, 6) is -0.850. The molecule has 0 aromatic heterocycles. The van der Waals surface area contributed by atoms with Crippen molar-refractivity contribution < 1.29 is 18.0 Å². The summed E-state index contributed by atoms with van der Waals surface area (Å²) in [4.78, 5) is 12.1. The second kappa shape index (κ2) is 4.23. The largest absolute Gasteiger partial charge is 0.402 e. The van der Waals surface area contributed by atoms with Gasteiger partial charge in [0.05, 0.1) is 0 Å². The first-order valence-corrected chi connectivity index (χ1v) is 6.12. The van der Waals surface area contributed by atoms with Crippen molar-refractivity contribution in [3.05, 3.63) is 46.5 Å². The number of alkyl halides is 3. The molecule has 0 bridgehead atoms. The molecule has 0 radical (unpaired) electrons. The van der Waals surface area contributed by atoms with Gasteiger partial charge < -0.3 is 0 Å². The topological polar surface area (TPSA) is 17.1 Å². The number of halogens is 4. The summed E-state index contributed by atoms with van der Waals surface area (Å²) in [6.07, 6.45) is -4.10. The third kappa shape index (κ3) is 1.81. The average molecular weight is 319 g/mol. The molecule has 96 valence electrons. The standard InChI is InChI=1S/C13H10BrF3O/c1-2-5-12(13(15,16)17)7-8-6-9(14)3-4-10(8)11(12)18/h2-4,6H,1,5,7H2. The van der Waals surface area contributed by atoms with E-state index in [1.54, 1.807) is 12.1 Å². The van der Waals surface area contributed by atoms with Crippen LogP contribution in [0.3, 0.4) is 0 Å². The molecule has 1 aliphatic carbocycles. The Labute approximate surface area is 111 Å². The number of Topliss-reactive ketones (excluding diaryl/α,β-unsaturated/α-hetero) is 1. The number of allylic oxidation sites excluding steroid dienone is 1. The van der Waals surface area contributed by atoms with Gasteiger partial charge in [-0.15, -0.1) is 6.58 Å². The molecule has 5 heteroatoms. The Kier molecular flexibility index (Phi) is 3.13. The maximum absolute atomic E-state index is 13.2. The van der Waals surface area contributed by atoms with E-state index in [1.807, 2.05) is 0 Å². The molecule has 0 spiro atoms. The van der Waals surface area contributed by atoms with Gasteiger partial charge in [-0.1, -0.05) is 22.0 Å². The third-order valence-electron chi connectivity index (χ3n) is 3.27. The van der Waals surface area contributed by atoms with E-state index in [0.717, 1.165) is 6.08 Å². The van der Waals surface area contributed by atoms with Gasteiger partial charge >= 0.3 is 6.18 Å². The van der Waals surface area contributed by atoms with Crippen molar-refractivity contribution in [1.29, 1.82) is 0 Å². The molecule has 1 nitrogen and oxygen atoms in total. The molecule has 1 atom stereocenters. The average Bonchev–Trinajstić information content (AvgIpc) is 2.52. The Morgan fingerprint density at radius 1 is 1.44 bits per heavy atom. The Balaban J connectivity index is 2.56. The van der Waals surface area contributed by atoms with Gasteiger partial charge in [0.15, 0.2) is 5.78 Å². The minimum absolute atomic E-state index is 0.164. The van der Waals surface area contributed by atoms with Crippen LogP contribution in [0.4, 0.5) is 13.2 Å². The molecule has 1 aromatic carbocycles. The van der Waals surface area contributed by atoms with Gasteiger partial charge in [-0.3, -0.25) is 4.79 Å². The van der Waals surface area contributed by atoms with Crippen LogP contribution in [0.15, 0.2) is 35.3 Å². The van der Waals surface area contributed by atoms with E-state index in [0.29, 0.717) is 10.0 Å². The zero-order valence-corrected chi connectivity index (χ0v) is 10.9. The van der Waals surface area contributed by atoms with E-state index in [-0.39, 0.29) is 18.4 Å². The van der Waals surface area contributed by atoms with Gasteiger partial charge in [0.2, 0.25) is 0 Å². The lowest BCUT2D eigenvalue weighted by atomic mass is 9.79. The number of carbonyl (C=O) groups is 1. The van der Waals surface area contributed by atoms with Crippen LogP contribution in [-0.4, -0.2) is 12.0 Å². The zero-order chi connectivity index (χ0) is 13.6. The van der Waals surface area contributed by atoms with Crippen molar-refractivity contribution in [1.82, 2.24) is 0 Å². The molecule has 1 aliphatic rings. The molecule has 2 rings (SSSR count). The van der Waals surface area contributed by atoms with Crippen LogP contribution in [0.5, 0.6) is 0 Å². The Morgan fingerprint density at radius 3 is 2.67 bits per heavy atom. The SMILES string of the molecule is C=CCC1(C(F)(F)F)Cc2cc(Br)ccc2C1=O. The molecule has 0 aliphatic heterocycles. The van der Waals surface area contributed by atoms with E-state index in [9.17, 15) is 18.0 Å². The van der Waals surface area contributed by atoms with Crippen LogP contribution in [0.2, 0.25) is 0 Å². The third-order valence-corrected chi connectivity index (χ3v) is 3.77. The summed E-state index contributed by atoms with van der Waals surface area (Å²) in [6.45, 7) is 3.34. The Morgan fingerprint density at radius 2 is 2.11 bits per heavy atom. The predicted octanol–water partition coefficient (Wildman–Crippen LogP) is 4.31. The summed E-state index contributed by atoms with van der Waals surface area (Å²) in [6, 6.07) is 4.60. The van der Waals surface area contributed by atoms with Crippen molar-refractivity contribution in [2.45, 2.75) is 19.0 Å². The van der Waals surface area contributed by atoms with Crippen LogP contribution in [0.1, 0.15) is 22.3 Å². The summed E-state index contributed by atoms with van der Waals surface area (Å²) in [5.41, 5.74) is -1.73. The smallest absolute Gasteiger partial charge is 0.293 e. The van der Waals surface area contributed by atoms with Crippen molar-refractivity contribution in [3.63, 3.8) is 0 Å². The fourth-order valence-corrected chi connectivity index (χ4v) is 2.76. The highest BCUT2D eigenvalue weighted by Crippen LogP contribution is 2.51. The van der Waals surface area contributed by atoms with Crippen LogP contribution in [0, 0.1) is 5.41 Å². The van der Waals surface area contributed by atoms with Gasteiger partial charge in [0, 0.05) is 10.0 Å². The summed E-state index contributed by atoms with van der Waals surface area (Å²) in [7, 11) is 0. The first-order valence-electron chi connectivity index (χ1n) is 5.33. The van der Waals surface area contributed by atoms with Crippen LogP contribution in [-0.2, 0) is 6.42 Å². The van der Waals surface area contributed by atoms with E-state index >= 15 is 0 Å². The van der Waals surface area contributed by atoms with Gasteiger partial charge in [-0.2, -0.15) is 13.2 Å². The lowest BCUT2D eigenvalue weighted by Crippen LogP contribution is -2.42. The molecule has 0 saturated heterocycles. The molecule has 1 aromatic rings. The fraction of sp³-hybridized carbons (Fsp3) is 0.308. The Bertz CT molecular complexity index is 521. The lowest BCUT2D eigenvalue weighted by molar-refractivity contribution is -0.201. The Hall–Kier alpha value is -1.10. The summed E-state index contributed by atoms with van der Waals surface area (Å²) >= 11 is 3.20. The highest BCUT2D eigenvalue weighted by molar-refractivity contribution is 9.10. The zero-order valence-electron chi connectivity index (χ0n) is 9.35. The van der Waals surface area contributed by atoms with E-state index in [2.05, 4.69) is 22.5 Å². The van der Waals surface area contributed by atoms with Crippen LogP contribution in [0.25, 0.3) is 0 Å². The maximum atomic E-state index is 13.2. The molecular weight excluding hydrogens is 309 g/mol. The van der Waals surface area contributed by atoms with Crippen LogP contribution >= 0.6 is 15.9 Å². The van der Waals surface area contributed by atoms with E-state index in [1.165, 1.54) is 6.07 Å². The second-order valence-corrected chi connectivity index (χ2v) is 5.30. The predicted molar refractivity (Wildman–Crippen MR) is 65.5 cm³/mol. The fourth-order valence-electron chi connectivity index (χ4n) is 2.35. The van der Waals surface area contributed by atoms with Crippen molar-refractivity contribution >= 4 is 21.7 Å². The molecule has 0 heterocycles. The highest BCUT2D eigenvalue weighted by Gasteiger charge is 2.62. The highest BCUT2D eigenvalue weighted by atomic mass is 79.9. The van der Waals surface area contributed by atoms with Gasteiger partial charge in [-0.25, -0.2) is 0 Å². The first-order chi connectivity index (χ1) is 8.32. The van der Waals surface area contributed by atoms with Crippen molar-refractivity contribution in [3.8, 4) is 0 Å². The minimum Gasteiger partial charge on any atom is -0.293 e. The summed E-state index contributed by atoms with van der Waals surface area (Å²) in [5, 5.41) is 0. The quantitative estimate of drug-likeness (QED) is 0.742. The minimum atomic E-state index is -4.57. The molecule has 0 N–H and O–H groups in total. The van der Waals surface area contributed by atoms with Gasteiger partial charge in [0.25, 0.3) is 0 Å². The maximum Gasteiger partial charge on any atom is 0.402 e. The van der Waals surface area contributed by atoms with Gasteiger partial charge in [0.1, 0.15) is 5.41 Å². The number of benzene rings is 1. The van der Waals surface area contributed by atoms with Crippen molar-refractivity contribution in [2.24, 2.45) is 5.41 Å². The van der Waals surface area contributed by atoms with Gasteiger partial charge in [-0.05, 0) is 36.6 Å². The monoisotopic (exact) mass is 318 g/mol. The molecule has 0 saturated carbocycles. The van der Waals surface area contributed by atoms with E-state index in [4.69, 9.17) is 0 Å². The molecular formula is C13H10BrF3O. The van der Waals surface area contributed by atoms with Crippen LogP contribution < -0.4 is 0 Å². The lowest BCUT2D eigenvalue weighted by Gasteiger charge is -2.28. The normalized spacial score (nSPS) is 23.0. The van der Waals surface area contributed by atoms with Crippen molar-refractivity contribution in [2.75, 3.05) is 0 Å². The number of rotatable bonds is 2. The first kappa shape index (κ1) is 13.3. The number of carbonyl (C=O) groups excluding carboxylic acids is 1. The number of hydrogen-bond acceptors (Lipinski definition) is 1. The number of hydrogen-bond donors (Lipinski definition) is 0. The molecule has 0 fully saturated rings. The number of ketones is 1. The molecule has 0 amide bonds. The molecule has 1 unspecified atom stereocenters. The summed E-state index contributed by atoms with van der Waals surface area (Å²) < 4.78 is 40.4. The van der Waals surface area contributed by atoms with E-state index < -0.39 is 17.4 Å². The molecule has 18 heavy (non-hydrogen) atoms. The number of fused-ring (bicyclic) bond motifs is 1.